The summed E-state index contributed by atoms with van der Waals surface area (Å²) in [6.45, 7) is 6.51. The molecule has 30 heavy (non-hydrogen) atoms. The number of nitro benzene ring substituents is 1. The van der Waals surface area contributed by atoms with Crippen molar-refractivity contribution < 1.29 is 33.9 Å². The molecule has 0 aromatic heterocycles. The number of hydrogen-bond acceptors (Lipinski definition) is 8. The van der Waals surface area contributed by atoms with E-state index in [1.54, 1.807) is 27.7 Å². The zero-order valence-corrected chi connectivity index (χ0v) is 17.4. The fourth-order valence-electron chi connectivity index (χ4n) is 2.68. The van der Waals surface area contributed by atoms with Gasteiger partial charge in [-0.05, 0) is 53.0 Å². The Morgan fingerprint density at radius 1 is 1.30 bits per heavy atom. The van der Waals surface area contributed by atoms with Crippen LogP contribution in [0.5, 0.6) is 0 Å². The van der Waals surface area contributed by atoms with Gasteiger partial charge < -0.3 is 25.6 Å². The number of anilines is 1. The average molecular weight is 425 g/mol. The van der Waals surface area contributed by atoms with Gasteiger partial charge in [-0.25, -0.2) is 14.4 Å². The van der Waals surface area contributed by atoms with E-state index in [4.69, 9.17) is 15.2 Å². The number of nitrogens with two attached hydrogens (primary N) is 1. The third-order valence-corrected chi connectivity index (χ3v) is 3.88. The predicted molar refractivity (Wildman–Crippen MR) is 107 cm³/mol. The predicted octanol–water partition coefficient (Wildman–Crippen LogP) is 2.65. The highest BCUT2D eigenvalue weighted by Gasteiger charge is 2.29. The first kappa shape index (κ1) is 24.7. The molecule has 1 unspecified atom stereocenters. The summed E-state index contributed by atoms with van der Waals surface area (Å²) in [6.07, 6.45) is -0.620. The van der Waals surface area contributed by atoms with Crippen LogP contribution in [0.15, 0.2) is 12.1 Å². The van der Waals surface area contributed by atoms with Crippen molar-refractivity contribution >= 4 is 29.4 Å². The molecule has 0 heterocycles. The first-order valence-electron chi connectivity index (χ1n) is 9.32. The Balaban J connectivity index is 2.96. The standard InChI is InChI=1S/C19H27N3O8/c1-5-29-17(25)14-12(20)10-9-11(15(14)22(27)28)7-6-8-13(16(23)24)21-18(26)30-19(2,3)4/h9-10,13H,5-8,20H2,1-4H3,(H,21,26)(H,23,24). The molecule has 0 radical (unpaired) electrons. The Labute approximate surface area is 173 Å². The van der Waals surface area contributed by atoms with E-state index in [9.17, 15) is 29.6 Å². The van der Waals surface area contributed by atoms with Crippen LogP contribution in [-0.2, 0) is 20.7 Å². The highest BCUT2D eigenvalue weighted by molar-refractivity contribution is 6.00. The molecule has 1 atom stereocenters. The van der Waals surface area contributed by atoms with E-state index in [2.05, 4.69) is 5.32 Å². The van der Waals surface area contributed by atoms with Crippen LogP contribution in [0.2, 0.25) is 0 Å². The van der Waals surface area contributed by atoms with Gasteiger partial charge in [0.25, 0.3) is 5.69 Å². The number of ether oxygens (including phenoxy) is 2. The lowest BCUT2D eigenvalue weighted by Gasteiger charge is -2.22. The van der Waals surface area contributed by atoms with Crippen LogP contribution in [0.25, 0.3) is 0 Å². The molecule has 0 aliphatic heterocycles. The molecule has 1 rings (SSSR count). The molecule has 0 aliphatic carbocycles. The maximum Gasteiger partial charge on any atom is 0.408 e. The van der Waals surface area contributed by atoms with Crippen molar-refractivity contribution in [3.05, 3.63) is 33.4 Å². The summed E-state index contributed by atoms with van der Waals surface area (Å²) >= 11 is 0. The summed E-state index contributed by atoms with van der Waals surface area (Å²) in [5.41, 5.74) is 4.26. The first-order valence-corrected chi connectivity index (χ1v) is 9.32. The summed E-state index contributed by atoms with van der Waals surface area (Å²) in [7, 11) is 0. The van der Waals surface area contributed by atoms with Gasteiger partial charge in [0, 0.05) is 5.56 Å². The van der Waals surface area contributed by atoms with Crippen molar-refractivity contribution in [2.75, 3.05) is 12.3 Å². The minimum atomic E-state index is -1.26. The van der Waals surface area contributed by atoms with Crippen LogP contribution in [0, 0.1) is 10.1 Å². The number of carboxylic acid groups (broad SMARTS) is 1. The summed E-state index contributed by atoms with van der Waals surface area (Å²) in [5, 5.41) is 23.1. The third-order valence-electron chi connectivity index (χ3n) is 3.88. The summed E-state index contributed by atoms with van der Waals surface area (Å²) in [5.74, 6) is -2.17. The minimum absolute atomic E-state index is 0.00908. The molecule has 0 fully saturated rings. The second-order valence-corrected chi connectivity index (χ2v) is 7.44. The monoisotopic (exact) mass is 425 g/mol. The number of hydrogen-bond donors (Lipinski definition) is 3. The molecule has 0 spiro atoms. The number of aliphatic carboxylic acids is 1. The van der Waals surface area contributed by atoms with Crippen molar-refractivity contribution in [3.8, 4) is 0 Å². The molecule has 0 saturated heterocycles. The molecule has 0 bridgehead atoms. The number of nitrogen functional groups attached to an aromatic ring is 1. The number of alkyl carbamates (subject to hydrolysis) is 1. The van der Waals surface area contributed by atoms with Crippen LogP contribution in [0.4, 0.5) is 16.2 Å². The number of nitrogens with zero attached hydrogens (tertiary/aromatic N) is 1. The third kappa shape index (κ3) is 7.22. The van der Waals surface area contributed by atoms with E-state index >= 15 is 0 Å². The van der Waals surface area contributed by atoms with E-state index in [0.717, 1.165) is 0 Å². The van der Waals surface area contributed by atoms with E-state index in [1.807, 2.05) is 0 Å². The molecular formula is C19H27N3O8. The van der Waals surface area contributed by atoms with Crippen molar-refractivity contribution in [2.45, 2.75) is 58.6 Å². The number of nitrogens with one attached hydrogen (secondary N) is 1. The summed E-state index contributed by atoms with van der Waals surface area (Å²) < 4.78 is 9.89. The van der Waals surface area contributed by atoms with Gasteiger partial charge in [0.15, 0.2) is 5.56 Å². The fraction of sp³-hybridized carbons (Fsp3) is 0.526. The number of aryl methyl sites for hydroxylation is 1. The summed E-state index contributed by atoms with van der Waals surface area (Å²) in [4.78, 5) is 46.2. The molecule has 1 amide bonds. The molecule has 1 aromatic carbocycles. The van der Waals surface area contributed by atoms with Gasteiger partial charge in [-0.3, -0.25) is 10.1 Å². The molecule has 166 valence electrons. The van der Waals surface area contributed by atoms with Crippen molar-refractivity contribution in [2.24, 2.45) is 0 Å². The molecule has 0 aliphatic rings. The molecule has 11 nitrogen and oxygen atoms in total. The Kier molecular flexibility index (Phi) is 8.57. The van der Waals surface area contributed by atoms with Crippen LogP contribution in [0.3, 0.4) is 0 Å². The second kappa shape index (κ2) is 10.4. The lowest BCUT2D eigenvalue weighted by atomic mass is 9.99. The van der Waals surface area contributed by atoms with Gasteiger partial charge in [-0.15, -0.1) is 0 Å². The smallest absolute Gasteiger partial charge is 0.408 e. The topological polar surface area (TPSA) is 171 Å². The highest BCUT2D eigenvalue weighted by Crippen LogP contribution is 2.31. The van der Waals surface area contributed by atoms with Gasteiger partial charge in [0.2, 0.25) is 0 Å². The Bertz CT molecular complexity index is 817. The van der Waals surface area contributed by atoms with Crippen LogP contribution in [-0.4, -0.2) is 46.3 Å². The number of carboxylic acids is 1. The molecular weight excluding hydrogens is 398 g/mol. The van der Waals surface area contributed by atoms with Gasteiger partial charge >= 0.3 is 18.0 Å². The normalized spacial score (nSPS) is 12.0. The second-order valence-electron chi connectivity index (χ2n) is 7.44. The van der Waals surface area contributed by atoms with Gasteiger partial charge in [0.05, 0.1) is 17.2 Å². The number of carbonyl (C=O) groups is 3. The SMILES string of the molecule is CCOC(=O)c1c(N)ccc(CCCC(NC(=O)OC(C)(C)C)C(=O)O)c1[N+](=O)[O-]. The van der Waals surface area contributed by atoms with E-state index in [-0.39, 0.29) is 42.7 Å². The zero-order valence-electron chi connectivity index (χ0n) is 17.4. The van der Waals surface area contributed by atoms with Gasteiger partial charge in [-0.1, -0.05) is 6.07 Å². The maximum atomic E-state index is 12.1. The van der Waals surface area contributed by atoms with Crippen molar-refractivity contribution in [1.82, 2.24) is 5.32 Å². The number of amides is 1. The quantitative estimate of drug-likeness (QED) is 0.233. The number of benzene rings is 1. The largest absolute Gasteiger partial charge is 0.480 e. The number of nitro groups is 1. The molecule has 0 saturated carbocycles. The average Bonchev–Trinajstić information content (AvgIpc) is 2.59. The van der Waals surface area contributed by atoms with E-state index in [0.29, 0.717) is 0 Å². The molecule has 4 N–H and O–H groups in total. The molecule has 1 aromatic rings. The number of carbonyl (C=O) groups excluding carboxylic acids is 2. The Hall–Kier alpha value is -3.37. The van der Waals surface area contributed by atoms with Gasteiger partial charge in [-0.2, -0.15) is 0 Å². The number of rotatable bonds is 9. The molecule has 11 heteroatoms. The zero-order chi connectivity index (χ0) is 23.1. The van der Waals surface area contributed by atoms with Crippen molar-refractivity contribution in [3.63, 3.8) is 0 Å². The lowest BCUT2D eigenvalue weighted by molar-refractivity contribution is -0.385. The van der Waals surface area contributed by atoms with Gasteiger partial charge in [0.1, 0.15) is 11.6 Å². The van der Waals surface area contributed by atoms with Crippen LogP contribution in [0.1, 0.15) is 56.5 Å². The summed E-state index contributed by atoms with van der Waals surface area (Å²) in [6, 6.07) is 1.53. The van der Waals surface area contributed by atoms with E-state index < -0.39 is 40.3 Å². The highest BCUT2D eigenvalue weighted by atomic mass is 16.6. The number of esters is 1. The van der Waals surface area contributed by atoms with Crippen molar-refractivity contribution in [1.29, 1.82) is 0 Å². The van der Waals surface area contributed by atoms with Crippen LogP contribution < -0.4 is 11.1 Å². The maximum absolute atomic E-state index is 12.1. The fourth-order valence-corrected chi connectivity index (χ4v) is 2.68. The Morgan fingerprint density at radius 3 is 2.43 bits per heavy atom. The van der Waals surface area contributed by atoms with Crippen LogP contribution >= 0.6 is 0 Å². The first-order chi connectivity index (χ1) is 13.9. The van der Waals surface area contributed by atoms with E-state index in [1.165, 1.54) is 12.1 Å². The minimum Gasteiger partial charge on any atom is -0.480 e. The Morgan fingerprint density at radius 2 is 1.93 bits per heavy atom. The lowest BCUT2D eigenvalue weighted by Crippen LogP contribution is -2.43.